The number of hydrogen-bond acceptors (Lipinski definition) is 4. The number of amides is 2. The summed E-state index contributed by atoms with van der Waals surface area (Å²) in [6.45, 7) is 4.85. The predicted octanol–water partition coefficient (Wildman–Crippen LogP) is 5.01. The lowest BCUT2D eigenvalue weighted by Crippen LogP contribution is -2.55. The molecule has 1 atom stereocenters. The molecule has 2 aliphatic heterocycles. The number of nitrogens with one attached hydrogen (secondary N) is 1. The summed E-state index contributed by atoms with van der Waals surface area (Å²) in [7, 11) is 0. The number of aromatic nitrogens is 4. The Morgan fingerprint density at radius 3 is 2.71 bits per heavy atom. The number of rotatable bonds is 4. The zero-order valence-electron chi connectivity index (χ0n) is 22.4. The van der Waals surface area contributed by atoms with E-state index in [0.29, 0.717) is 54.8 Å². The van der Waals surface area contributed by atoms with Crippen LogP contribution in [0.1, 0.15) is 58.2 Å². The van der Waals surface area contributed by atoms with Crippen LogP contribution in [-0.4, -0.2) is 61.0 Å². The van der Waals surface area contributed by atoms with Crippen molar-refractivity contribution in [2.24, 2.45) is 5.92 Å². The molecule has 41 heavy (non-hydrogen) atoms. The topological polar surface area (TPSA) is 87.1 Å². The number of aromatic amines is 1. The second-order valence-corrected chi connectivity index (χ2v) is 12.7. The molecule has 208 valence electrons. The zero-order chi connectivity index (χ0) is 28.0. The minimum Gasteiger partial charge on any atom is -0.344 e. The number of fused-ring (bicyclic) bond motifs is 1. The van der Waals surface area contributed by atoms with Gasteiger partial charge in [0.15, 0.2) is 0 Å². The van der Waals surface area contributed by atoms with Crippen LogP contribution in [0.3, 0.4) is 0 Å². The molecule has 9 rings (SSSR count). The maximum Gasteiger partial charge on any atom is 0.256 e. The average molecular weight is 616 g/mol. The van der Waals surface area contributed by atoms with Gasteiger partial charge in [-0.3, -0.25) is 9.59 Å². The molecule has 3 fully saturated rings. The highest BCUT2D eigenvalue weighted by atomic mass is 79.9. The number of carbonyl (C=O) groups excluding carboxylic acids is 2. The summed E-state index contributed by atoms with van der Waals surface area (Å²) in [5, 5.41) is 4.93. The molecule has 2 amide bonds. The summed E-state index contributed by atoms with van der Waals surface area (Å²) in [5.74, 6) is 0.220. The maximum absolute atomic E-state index is 15.7. The van der Waals surface area contributed by atoms with E-state index in [9.17, 15) is 9.59 Å². The van der Waals surface area contributed by atoms with Crippen molar-refractivity contribution >= 4 is 38.8 Å². The number of imidazole rings is 1. The molecular formula is C31H28BrFN6O2. The Labute approximate surface area is 244 Å². The Kier molecular flexibility index (Phi) is 5.39. The molecule has 2 aromatic carbocycles. The van der Waals surface area contributed by atoms with E-state index in [1.165, 1.54) is 25.3 Å². The summed E-state index contributed by atoms with van der Waals surface area (Å²) in [5.41, 5.74) is 6.19. The summed E-state index contributed by atoms with van der Waals surface area (Å²) < 4.78 is 18.3. The number of carbonyl (C=O) groups is 2. The summed E-state index contributed by atoms with van der Waals surface area (Å²) in [4.78, 5) is 37.9. The van der Waals surface area contributed by atoms with Gasteiger partial charge in [-0.25, -0.2) is 14.1 Å². The Morgan fingerprint density at radius 2 is 1.98 bits per heavy atom. The van der Waals surface area contributed by atoms with Crippen LogP contribution in [0.4, 0.5) is 4.39 Å². The van der Waals surface area contributed by atoms with Crippen LogP contribution in [0.25, 0.3) is 16.7 Å². The van der Waals surface area contributed by atoms with Gasteiger partial charge in [0.2, 0.25) is 5.91 Å². The van der Waals surface area contributed by atoms with E-state index >= 15 is 4.39 Å². The van der Waals surface area contributed by atoms with Crippen LogP contribution in [0, 0.1) is 11.7 Å². The lowest BCUT2D eigenvalue weighted by molar-refractivity contribution is -0.126. The monoisotopic (exact) mass is 614 g/mol. The molecule has 10 heteroatoms. The molecule has 4 heterocycles. The van der Waals surface area contributed by atoms with E-state index in [2.05, 4.69) is 38.5 Å². The van der Waals surface area contributed by atoms with Crippen LogP contribution in [0.2, 0.25) is 0 Å². The fourth-order valence-corrected chi connectivity index (χ4v) is 7.97. The van der Waals surface area contributed by atoms with Crippen LogP contribution in [0.15, 0.2) is 53.8 Å². The summed E-state index contributed by atoms with van der Waals surface area (Å²) in [6.07, 6.45) is 7.43. The van der Waals surface area contributed by atoms with Crippen molar-refractivity contribution in [1.29, 1.82) is 0 Å². The average Bonchev–Trinajstić information content (AvgIpc) is 3.50. The second kappa shape index (κ2) is 8.85. The van der Waals surface area contributed by atoms with Crippen molar-refractivity contribution in [3.05, 3.63) is 87.7 Å². The van der Waals surface area contributed by atoms with E-state index in [1.807, 2.05) is 17.0 Å². The molecule has 5 aliphatic rings. The Bertz CT molecular complexity index is 1780. The van der Waals surface area contributed by atoms with Crippen molar-refractivity contribution in [2.75, 3.05) is 19.6 Å². The first-order valence-electron chi connectivity index (χ1n) is 14.1. The molecule has 0 radical (unpaired) electrons. The van der Waals surface area contributed by atoms with Gasteiger partial charge in [-0.05, 0) is 82.4 Å². The van der Waals surface area contributed by atoms with Crippen molar-refractivity contribution in [2.45, 2.75) is 43.6 Å². The van der Waals surface area contributed by atoms with Crippen molar-refractivity contribution in [1.82, 2.24) is 29.5 Å². The Morgan fingerprint density at radius 1 is 1.15 bits per heavy atom. The largest absolute Gasteiger partial charge is 0.344 e. The lowest BCUT2D eigenvalue weighted by Gasteiger charge is -2.62. The molecular weight excluding hydrogens is 587 g/mol. The molecule has 4 aromatic rings. The van der Waals surface area contributed by atoms with E-state index in [-0.39, 0.29) is 23.0 Å². The van der Waals surface area contributed by atoms with Gasteiger partial charge in [0, 0.05) is 42.5 Å². The molecule has 3 saturated carbocycles. The zero-order valence-corrected chi connectivity index (χ0v) is 24.0. The number of benzene rings is 2. The highest BCUT2D eigenvalue weighted by Gasteiger charge is 2.57. The van der Waals surface area contributed by atoms with Crippen molar-refractivity contribution in [3.8, 4) is 5.69 Å². The molecule has 3 aliphatic carbocycles. The van der Waals surface area contributed by atoms with E-state index in [1.54, 1.807) is 28.0 Å². The quantitative estimate of drug-likeness (QED) is 0.327. The van der Waals surface area contributed by atoms with Crippen molar-refractivity contribution < 1.29 is 14.0 Å². The third-order valence-corrected chi connectivity index (χ3v) is 10.4. The van der Waals surface area contributed by atoms with Crippen molar-refractivity contribution in [3.63, 3.8) is 0 Å². The fourth-order valence-electron chi connectivity index (χ4n) is 7.54. The number of hydrogen-bond donors (Lipinski definition) is 1. The Balaban J connectivity index is 1.21. The van der Waals surface area contributed by atoms with Gasteiger partial charge in [-0.15, -0.1) is 0 Å². The van der Waals surface area contributed by atoms with E-state index < -0.39 is 6.04 Å². The third-order valence-electron chi connectivity index (χ3n) is 9.74. The first-order chi connectivity index (χ1) is 19.9. The fraction of sp³-hybridized carbons (Fsp3) is 0.355. The SMILES string of the molecule is C=CC(=O)N1CCc2nn(-c3ccc(C45CC(C4)C5)cc3F)c3c2[C@@H](C1)N(C(=O)c1ccc(Br)c2nc[nH]c12)CC3. The van der Waals surface area contributed by atoms with Crippen LogP contribution >= 0.6 is 15.9 Å². The minimum absolute atomic E-state index is 0.150. The number of nitrogens with zero attached hydrogens (tertiary/aromatic N) is 5. The number of halogens is 2. The molecule has 0 unspecified atom stereocenters. The first-order valence-corrected chi connectivity index (χ1v) is 14.9. The second-order valence-electron chi connectivity index (χ2n) is 11.9. The highest BCUT2D eigenvalue weighted by molar-refractivity contribution is 9.10. The van der Waals surface area contributed by atoms with Crippen LogP contribution < -0.4 is 0 Å². The maximum atomic E-state index is 15.7. The predicted molar refractivity (Wildman–Crippen MR) is 154 cm³/mol. The van der Waals surface area contributed by atoms with Crippen LogP contribution in [-0.2, 0) is 23.1 Å². The Hall–Kier alpha value is -3.79. The van der Waals surface area contributed by atoms with Gasteiger partial charge in [-0.1, -0.05) is 12.6 Å². The van der Waals surface area contributed by atoms with E-state index in [0.717, 1.165) is 32.9 Å². The van der Waals surface area contributed by atoms with Gasteiger partial charge in [0.25, 0.3) is 5.91 Å². The molecule has 1 N–H and O–H groups in total. The smallest absolute Gasteiger partial charge is 0.256 e. The first kappa shape index (κ1) is 25.0. The normalized spacial score (nSPS) is 24.3. The van der Waals surface area contributed by atoms with Crippen LogP contribution in [0.5, 0.6) is 0 Å². The van der Waals surface area contributed by atoms with Gasteiger partial charge in [0.05, 0.1) is 34.8 Å². The molecule has 0 spiro atoms. The molecule has 0 saturated heterocycles. The third kappa shape index (κ3) is 3.55. The summed E-state index contributed by atoms with van der Waals surface area (Å²) >= 11 is 3.52. The van der Waals surface area contributed by atoms with Gasteiger partial charge in [-0.2, -0.15) is 5.10 Å². The number of H-pyrrole nitrogens is 1. The van der Waals surface area contributed by atoms with Gasteiger partial charge < -0.3 is 14.8 Å². The van der Waals surface area contributed by atoms with Gasteiger partial charge in [0.1, 0.15) is 17.0 Å². The molecule has 2 bridgehead atoms. The standard InChI is InChI=1S/C31H28BrFN6O2/c1-2-26(40)37-9-7-22-27-24(39(36-22)23-6-3-18(11-21(23)33)31-12-17(13-31)14-31)8-10-38(25(27)15-37)30(41)19-4-5-20(32)29-28(19)34-16-35-29/h2-6,11,16-17,25H,1,7-10,12-15H2,(H,34,35)/t17?,25-,31?/m1/s1. The summed E-state index contributed by atoms with van der Waals surface area (Å²) in [6, 6.07) is 8.83. The van der Waals surface area contributed by atoms with Gasteiger partial charge >= 0.3 is 0 Å². The molecule has 2 aromatic heterocycles. The highest BCUT2D eigenvalue weighted by Crippen LogP contribution is 2.65. The minimum atomic E-state index is -0.425. The van der Waals surface area contributed by atoms with E-state index in [4.69, 9.17) is 5.10 Å². The lowest BCUT2D eigenvalue weighted by atomic mass is 9.42. The molecule has 8 nitrogen and oxygen atoms in total.